The third-order valence-electron chi connectivity index (χ3n) is 4.95. The number of rotatable bonds is 3. The van der Waals surface area contributed by atoms with Crippen molar-refractivity contribution < 1.29 is 9.90 Å². The summed E-state index contributed by atoms with van der Waals surface area (Å²) in [6, 6.07) is 4.65. The molecular weight excluding hydrogens is 266 g/mol. The topological polar surface area (TPSA) is 56.7 Å². The number of anilines is 1. The number of carbonyl (C=O) groups is 1. The molecule has 2 atom stereocenters. The monoisotopic (exact) mass is 289 g/mol. The van der Waals surface area contributed by atoms with Crippen molar-refractivity contribution in [2.75, 3.05) is 25.0 Å². The number of aromatic carboxylic acids is 1. The quantitative estimate of drug-likeness (QED) is 0.922. The highest BCUT2D eigenvalue weighted by Gasteiger charge is 2.35. The maximum Gasteiger partial charge on any atom is 0.335 e. The lowest BCUT2D eigenvalue weighted by molar-refractivity contribution is 0.0696. The van der Waals surface area contributed by atoms with Gasteiger partial charge in [0.25, 0.3) is 0 Å². The molecule has 0 aromatic carbocycles. The van der Waals surface area contributed by atoms with Crippen molar-refractivity contribution in [3.8, 4) is 0 Å². The smallest absolute Gasteiger partial charge is 0.335 e. The number of nitrogens with zero attached hydrogens (tertiary/aromatic N) is 3. The second-order valence-electron chi connectivity index (χ2n) is 6.15. The average Bonchev–Trinajstić information content (AvgIpc) is 2.71. The minimum Gasteiger partial charge on any atom is -0.478 e. The predicted molar refractivity (Wildman–Crippen MR) is 82.0 cm³/mol. The Bertz CT molecular complexity index is 546. The molecule has 2 bridgehead atoms. The van der Waals surface area contributed by atoms with Crippen molar-refractivity contribution in [1.82, 2.24) is 9.88 Å². The molecule has 5 nitrogen and oxygen atoms in total. The molecule has 2 aliphatic rings. The van der Waals surface area contributed by atoms with Gasteiger partial charge in [0.2, 0.25) is 0 Å². The fraction of sp³-hybridized carbons (Fsp3) is 0.625. The molecule has 0 amide bonds. The van der Waals surface area contributed by atoms with Crippen molar-refractivity contribution in [3.63, 3.8) is 0 Å². The minimum atomic E-state index is -0.873. The number of carboxylic acids is 1. The number of hydrogen-bond acceptors (Lipinski definition) is 4. The van der Waals surface area contributed by atoms with Gasteiger partial charge in [0.15, 0.2) is 0 Å². The molecule has 1 aromatic heterocycles. The van der Waals surface area contributed by atoms with E-state index in [2.05, 4.69) is 21.8 Å². The zero-order chi connectivity index (χ0) is 15.0. The van der Waals surface area contributed by atoms with Gasteiger partial charge in [-0.25, -0.2) is 9.78 Å². The number of carboxylic acid groups (broad SMARTS) is 1. The van der Waals surface area contributed by atoms with E-state index in [0.717, 1.165) is 37.4 Å². The lowest BCUT2D eigenvalue weighted by Crippen LogP contribution is -2.37. The lowest BCUT2D eigenvalue weighted by Gasteiger charge is -2.27. The van der Waals surface area contributed by atoms with Crippen LogP contribution in [-0.2, 0) is 6.42 Å². The van der Waals surface area contributed by atoms with Crippen molar-refractivity contribution in [1.29, 1.82) is 0 Å². The Morgan fingerprint density at radius 1 is 1.33 bits per heavy atom. The van der Waals surface area contributed by atoms with Crippen LogP contribution in [0.15, 0.2) is 12.1 Å². The summed E-state index contributed by atoms with van der Waals surface area (Å²) in [5.41, 5.74) is 1.20. The van der Waals surface area contributed by atoms with Gasteiger partial charge in [0.1, 0.15) is 5.82 Å². The van der Waals surface area contributed by atoms with Crippen LogP contribution >= 0.6 is 0 Å². The van der Waals surface area contributed by atoms with Crippen LogP contribution in [-0.4, -0.2) is 53.2 Å². The standard InChI is InChI=1S/C16H23N3O2/c1-3-12-8-11(16(20)21)9-15(17-12)19-7-6-13-4-5-14(10-19)18(13)2/h8-9,13-14H,3-7,10H2,1-2H3,(H,20,21). The van der Waals surface area contributed by atoms with Crippen LogP contribution in [0, 0.1) is 0 Å². The van der Waals surface area contributed by atoms with Crippen LogP contribution in [0.2, 0.25) is 0 Å². The first-order chi connectivity index (χ1) is 10.1. The molecule has 114 valence electrons. The van der Waals surface area contributed by atoms with Gasteiger partial charge in [-0.1, -0.05) is 6.92 Å². The van der Waals surface area contributed by atoms with E-state index in [-0.39, 0.29) is 0 Å². The SMILES string of the molecule is CCc1cc(C(=O)O)cc(N2CCC3CCC(C2)N3C)n1. The molecule has 2 aliphatic heterocycles. The van der Waals surface area contributed by atoms with Gasteiger partial charge in [-0.05, 0) is 44.9 Å². The highest BCUT2D eigenvalue weighted by Crippen LogP contribution is 2.30. The van der Waals surface area contributed by atoms with E-state index < -0.39 is 5.97 Å². The van der Waals surface area contributed by atoms with Gasteiger partial charge in [0.05, 0.1) is 5.56 Å². The molecule has 2 saturated heterocycles. The molecule has 2 unspecified atom stereocenters. The van der Waals surface area contributed by atoms with Crippen molar-refractivity contribution in [3.05, 3.63) is 23.4 Å². The third kappa shape index (κ3) is 2.75. The highest BCUT2D eigenvalue weighted by atomic mass is 16.4. The molecule has 0 radical (unpaired) electrons. The average molecular weight is 289 g/mol. The largest absolute Gasteiger partial charge is 0.478 e. The highest BCUT2D eigenvalue weighted by molar-refractivity contribution is 5.88. The summed E-state index contributed by atoms with van der Waals surface area (Å²) in [7, 11) is 2.21. The number of likely N-dealkylation sites (N-methyl/N-ethyl adjacent to an activating group) is 1. The molecule has 0 saturated carbocycles. The van der Waals surface area contributed by atoms with Crippen molar-refractivity contribution in [2.45, 2.75) is 44.7 Å². The zero-order valence-electron chi connectivity index (χ0n) is 12.7. The van der Waals surface area contributed by atoms with Gasteiger partial charge in [0, 0.05) is 30.9 Å². The summed E-state index contributed by atoms with van der Waals surface area (Å²) in [5.74, 6) is -0.0467. The first kappa shape index (κ1) is 14.3. The molecular formula is C16H23N3O2. The summed E-state index contributed by atoms with van der Waals surface area (Å²) < 4.78 is 0. The molecule has 3 heterocycles. The Kier molecular flexibility index (Phi) is 3.85. The van der Waals surface area contributed by atoms with Crippen LogP contribution in [0.4, 0.5) is 5.82 Å². The van der Waals surface area contributed by atoms with E-state index >= 15 is 0 Å². The van der Waals surface area contributed by atoms with Crippen LogP contribution in [0.25, 0.3) is 0 Å². The number of hydrogen-bond donors (Lipinski definition) is 1. The second-order valence-corrected chi connectivity index (χ2v) is 6.15. The van der Waals surface area contributed by atoms with E-state index in [1.807, 2.05) is 6.92 Å². The van der Waals surface area contributed by atoms with E-state index in [9.17, 15) is 9.90 Å². The predicted octanol–water partition coefficient (Wildman–Crippen LogP) is 2.02. The number of fused-ring (bicyclic) bond motifs is 2. The summed E-state index contributed by atoms with van der Waals surface area (Å²) in [6.45, 7) is 3.92. The van der Waals surface area contributed by atoms with Gasteiger partial charge < -0.3 is 10.0 Å². The first-order valence-corrected chi connectivity index (χ1v) is 7.79. The maximum absolute atomic E-state index is 11.3. The van der Waals surface area contributed by atoms with Gasteiger partial charge in [-0.15, -0.1) is 0 Å². The summed E-state index contributed by atoms with van der Waals surface area (Å²) >= 11 is 0. The number of pyridine rings is 1. The second kappa shape index (κ2) is 5.64. The lowest BCUT2D eigenvalue weighted by atomic mass is 10.1. The first-order valence-electron chi connectivity index (χ1n) is 7.79. The van der Waals surface area contributed by atoms with Crippen molar-refractivity contribution >= 4 is 11.8 Å². The van der Waals surface area contributed by atoms with Crippen LogP contribution in [0.1, 0.15) is 42.2 Å². The fourth-order valence-electron chi connectivity index (χ4n) is 3.56. The molecule has 2 fully saturated rings. The van der Waals surface area contributed by atoms with Crippen LogP contribution in [0.3, 0.4) is 0 Å². The van der Waals surface area contributed by atoms with Gasteiger partial charge in [-0.3, -0.25) is 4.90 Å². The molecule has 0 spiro atoms. The normalized spacial score (nSPS) is 25.9. The van der Waals surface area contributed by atoms with E-state index in [0.29, 0.717) is 17.6 Å². The van der Waals surface area contributed by atoms with Crippen molar-refractivity contribution in [2.24, 2.45) is 0 Å². The number of aryl methyl sites for hydroxylation is 1. The third-order valence-corrected chi connectivity index (χ3v) is 4.95. The van der Waals surface area contributed by atoms with Gasteiger partial charge >= 0.3 is 5.97 Å². The molecule has 1 aromatic rings. The zero-order valence-corrected chi connectivity index (χ0v) is 12.7. The molecule has 1 N–H and O–H groups in total. The minimum absolute atomic E-state index is 0.347. The Morgan fingerprint density at radius 2 is 2.10 bits per heavy atom. The summed E-state index contributed by atoms with van der Waals surface area (Å²) in [6.07, 6.45) is 4.41. The van der Waals surface area contributed by atoms with E-state index in [1.54, 1.807) is 12.1 Å². The Hall–Kier alpha value is -1.62. The van der Waals surface area contributed by atoms with E-state index in [4.69, 9.17) is 0 Å². The van der Waals surface area contributed by atoms with Crippen LogP contribution < -0.4 is 4.90 Å². The van der Waals surface area contributed by atoms with Crippen LogP contribution in [0.5, 0.6) is 0 Å². The molecule has 5 heteroatoms. The number of aromatic nitrogens is 1. The fourth-order valence-corrected chi connectivity index (χ4v) is 3.56. The molecule has 21 heavy (non-hydrogen) atoms. The summed E-state index contributed by atoms with van der Waals surface area (Å²) in [5, 5.41) is 9.28. The van der Waals surface area contributed by atoms with Gasteiger partial charge in [-0.2, -0.15) is 0 Å². The summed E-state index contributed by atoms with van der Waals surface area (Å²) in [4.78, 5) is 20.7. The van der Waals surface area contributed by atoms with E-state index in [1.165, 1.54) is 12.8 Å². The maximum atomic E-state index is 11.3. The Labute approximate surface area is 125 Å². The Morgan fingerprint density at radius 3 is 2.81 bits per heavy atom. The molecule has 3 rings (SSSR count). The Balaban J connectivity index is 1.89. The molecule has 0 aliphatic carbocycles.